The quantitative estimate of drug-likeness (QED) is 0.605. The topological polar surface area (TPSA) is 136 Å². The van der Waals surface area contributed by atoms with Crippen LogP contribution in [0, 0.1) is 11.7 Å². The molecule has 12 heteroatoms. The minimum Gasteiger partial charge on any atom is -0.495 e. The Bertz CT molecular complexity index is 1200. The molecule has 2 aromatic carbocycles. The monoisotopic (exact) mass is 485 g/mol. The van der Waals surface area contributed by atoms with E-state index in [1.54, 1.807) is 0 Å². The Morgan fingerprint density at radius 2 is 1.88 bits per heavy atom. The lowest BCUT2D eigenvalue weighted by Gasteiger charge is -2.31. The van der Waals surface area contributed by atoms with Gasteiger partial charge in [0.15, 0.2) is 0 Å². The average molecular weight is 486 g/mol. The molecule has 1 amide bonds. The van der Waals surface area contributed by atoms with Crippen molar-refractivity contribution in [1.29, 1.82) is 0 Å². The van der Waals surface area contributed by atoms with E-state index in [1.807, 2.05) is 0 Å². The molecule has 9 nitrogen and oxygen atoms in total. The summed E-state index contributed by atoms with van der Waals surface area (Å²) in [4.78, 5) is 12.3. The number of amides is 1. The number of hydrogen-bond donors (Lipinski definition) is 2. The number of primary sulfonamides is 1. The molecular weight excluding hydrogens is 461 g/mol. The molecule has 1 fully saturated rings. The zero-order chi connectivity index (χ0) is 23.5. The highest BCUT2D eigenvalue weighted by Gasteiger charge is 2.35. The summed E-state index contributed by atoms with van der Waals surface area (Å²) in [5.74, 6) is -1.58. The Hall–Kier alpha value is -2.54. The summed E-state index contributed by atoms with van der Waals surface area (Å²) in [5.41, 5.74) is 0.663. The maximum absolute atomic E-state index is 13.7. The van der Waals surface area contributed by atoms with Crippen molar-refractivity contribution in [2.45, 2.75) is 29.2 Å². The lowest BCUT2D eigenvalue weighted by atomic mass is 9.99. The third kappa shape index (κ3) is 5.44. The molecule has 0 spiro atoms. The summed E-state index contributed by atoms with van der Waals surface area (Å²) in [6, 6.07) is 9.03. The highest BCUT2D eigenvalue weighted by molar-refractivity contribution is 7.89. The van der Waals surface area contributed by atoms with E-state index < -0.39 is 31.8 Å². The van der Waals surface area contributed by atoms with Gasteiger partial charge in [-0.15, -0.1) is 0 Å². The molecule has 0 aromatic heterocycles. The van der Waals surface area contributed by atoms with E-state index in [-0.39, 0.29) is 41.1 Å². The molecule has 1 atom stereocenters. The van der Waals surface area contributed by atoms with Crippen molar-refractivity contribution in [3.63, 3.8) is 0 Å². The molecule has 0 radical (unpaired) electrons. The summed E-state index contributed by atoms with van der Waals surface area (Å²) < 4.78 is 68.7. The van der Waals surface area contributed by atoms with Gasteiger partial charge < -0.3 is 10.1 Å². The highest BCUT2D eigenvalue weighted by atomic mass is 32.2. The first-order chi connectivity index (χ1) is 15.0. The molecule has 32 heavy (non-hydrogen) atoms. The van der Waals surface area contributed by atoms with E-state index in [0.29, 0.717) is 18.4 Å². The molecule has 1 unspecified atom stereocenters. The molecule has 2 aromatic rings. The number of nitrogens with two attached hydrogens (primary N) is 1. The number of benzene rings is 2. The van der Waals surface area contributed by atoms with E-state index in [2.05, 4.69) is 5.32 Å². The molecule has 1 saturated heterocycles. The summed E-state index contributed by atoms with van der Waals surface area (Å²) in [6.07, 6.45) is 0.973. The second-order valence-electron chi connectivity index (χ2n) is 7.40. The van der Waals surface area contributed by atoms with Crippen LogP contribution in [-0.2, 0) is 31.4 Å². The number of sulfonamides is 2. The smallest absolute Gasteiger partial charge is 0.246 e. The first kappa shape index (κ1) is 24.1. The molecule has 1 aliphatic rings. The molecule has 3 rings (SSSR count). The Labute approximate surface area is 186 Å². The third-order valence-electron chi connectivity index (χ3n) is 5.22. The number of nitrogens with one attached hydrogen (secondary N) is 1. The van der Waals surface area contributed by atoms with Gasteiger partial charge in [-0.2, -0.15) is 4.31 Å². The average Bonchev–Trinajstić information content (AvgIpc) is 2.77. The Balaban J connectivity index is 1.68. The summed E-state index contributed by atoms with van der Waals surface area (Å²) in [6.45, 7) is 0.309. The molecular formula is C20H24FN3O6S2. The normalized spacial score (nSPS) is 17.7. The van der Waals surface area contributed by atoms with Gasteiger partial charge in [-0.3, -0.25) is 4.79 Å². The van der Waals surface area contributed by atoms with E-state index >= 15 is 0 Å². The maximum Gasteiger partial charge on any atom is 0.246 e. The maximum atomic E-state index is 13.7. The van der Waals surface area contributed by atoms with E-state index in [4.69, 9.17) is 9.88 Å². The van der Waals surface area contributed by atoms with Crippen LogP contribution in [0.15, 0.2) is 52.3 Å². The van der Waals surface area contributed by atoms with Gasteiger partial charge in [-0.1, -0.05) is 12.1 Å². The van der Waals surface area contributed by atoms with Crippen molar-refractivity contribution < 1.29 is 30.8 Å². The molecule has 174 valence electrons. The first-order valence-corrected chi connectivity index (χ1v) is 12.7. The Morgan fingerprint density at radius 3 is 2.50 bits per heavy atom. The molecule has 3 N–H and O–H groups in total. The number of hydrogen-bond acceptors (Lipinski definition) is 6. The number of nitrogens with zero attached hydrogens (tertiary/aromatic N) is 1. The van der Waals surface area contributed by atoms with Gasteiger partial charge in [0.05, 0.1) is 17.9 Å². The standard InChI is InChI=1S/C20H24FN3O6S2/c1-30-18-9-6-16(21)11-19(18)32(28,29)24-10-2-3-15(13-24)20(25)23-12-14-4-7-17(8-5-14)31(22,26)27/h4-9,11,15H,2-3,10,12-13H2,1H3,(H,23,25)(H2,22,26,27). The van der Waals surface area contributed by atoms with Crippen LogP contribution >= 0.6 is 0 Å². The van der Waals surface area contributed by atoms with Gasteiger partial charge in [-0.25, -0.2) is 26.4 Å². The second kappa shape index (κ2) is 9.53. The van der Waals surface area contributed by atoms with Crippen LogP contribution in [0.25, 0.3) is 0 Å². The molecule has 0 aliphatic carbocycles. The van der Waals surface area contributed by atoms with Crippen molar-refractivity contribution in [1.82, 2.24) is 9.62 Å². The summed E-state index contributed by atoms with van der Waals surface area (Å²) in [5, 5.41) is 7.81. The number of carbonyl (C=O) groups is 1. The second-order valence-corrected chi connectivity index (χ2v) is 10.9. The predicted octanol–water partition coefficient (Wildman–Crippen LogP) is 1.20. The number of piperidine rings is 1. The summed E-state index contributed by atoms with van der Waals surface area (Å²) >= 11 is 0. The van der Waals surface area contributed by atoms with Gasteiger partial charge in [0.25, 0.3) is 0 Å². The van der Waals surface area contributed by atoms with Gasteiger partial charge in [-0.05, 0) is 48.7 Å². The van der Waals surface area contributed by atoms with Gasteiger partial charge >= 0.3 is 0 Å². The SMILES string of the molecule is COc1ccc(F)cc1S(=O)(=O)N1CCCC(C(=O)NCc2ccc(S(N)(=O)=O)cc2)C1. The Morgan fingerprint density at radius 1 is 1.19 bits per heavy atom. The van der Waals surface area contributed by atoms with Crippen LogP contribution < -0.4 is 15.2 Å². The first-order valence-electron chi connectivity index (χ1n) is 9.75. The number of carbonyl (C=O) groups excluding carboxylic acids is 1. The fraction of sp³-hybridized carbons (Fsp3) is 0.350. The van der Waals surface area contributed by atoms with E-state index in [1.165, 1.54) is 41.7 Å². The number of halogens is 1. The van der Waals surface area contributed by atoms with E-state index in [9.17, 15) is 26.0 Å². The van der Waals surface area contributed by atoms with E-state index in [0.717, 1.165) is 12.1 Å². The lowest BCUT2D eigenvalue weighted by molar-refractivity contribution is -0.126. The highest BCUT2D eigenvalue weighted by Crippen LogP contribution is 2.30. The van der Waals surface area contributed by atoms with Gasteiger partial charge in [0.2, 0.25) is 26.0 Å². The van der Waals surface area contributed by atoms with Crippen molar-refractivity contribution in [2.24, 2.45) is 11.1 Å². The van der Waals surface area contributed by atoms with Gasteiger partial charge in [0, 0.05) is 19.6 Å². The van der Waals surface area contributed by atoms with Crippen molar-refractivity contribution in [3.05, 3.63) is 53.8 Å². The summed E-state index contributed by atoms with van der Waals surface area (Å²) in [7, 11) is -6.56. The van der Waals surface area contributed by atoms with Crippen LogP contribution in [-0.4, -0.2) is 47.2 Å². The van der Waals surface area contributed by atoms with Crippen molar-refractivity contribution in [3.8, 4) is 5.75 Å². The van der Waals surface area contributed by atoms with Crippen LogP contribution in [0.5, 0.6) is 5.75 Å². The Kier molecular flexibility index (Phi) is 7.18. The number of methoxy groups -OCH3 is 1. The van der Waals surface area contributed by atoms with Crippen LogP contribution in [0.4, 0.5) is 4.39 Å². The van der Waals surface area contributed by atoms with Crippen LogP contribution in [0.2, 0.25) is 0 Å². The minimum absolute atomic E-state index is 0.0286. The van der Waals surface area contributed by atoms with Crippen molar-refractivity contribution in [2.75, 3.05) is 20.2 Å². The third-order valence-corrected chi connectivity index (χ3v) is 8.03. The fourth-order valence-corrected chi connectivity index (χ4v) is 5.70. The molecule has 0 bridgehead atoms. The van der Waals surface area contributed by atoms with Crippen LogP contribution in [0.1, 0.15) is 18.4 Å². The molecule has 0 saturated carbocycles. The minimum atomic E-state index is -4.06. The molecule has 1 aliphatic heterocycles. The zero-order valence-electron chi connectivity index (χ0n) is 17.3. The zero-order valence-corrected chi connectivity index (χ0v) is 19.0. The largest absolute Gasteiger partial charge is 0.495 e. The predicted molar refractivity (Wildman–Crippen MR) is 114 cm³/mol. The lowest BCUT2D eigenvalue weighted by Crippen LogP contribution is -2.45. The fourth-order valence-electron chi connectivity index (χ4n) is 3.50. The number of ether oxygens (including phenoxy) is 1. The van der Waals surface area contributed by atoms with Crippen molar-refractivity contribution >= 4 is 26.0 Å². The molecule has 1 heterocycles. The van der Waals surface area contributed by atoms with Gasteiger partial charge in [0.1, 0.15) is 16.5 Å². The van der Waals surface area contributed by atoms with Crippen LogP contribution in [0.3, 0.4) is 0 Å². The number of rotatable bonds is 7.